The molecular formula is C32H34O5. The molecule has 3 unspecified atom stereocenters. The molecule has 37 heavy (non-hydrogen) atoms. The van der Waals surface area contributed by atoms with Crippen LogP contribution in [0.5, 0.6) is 17.2 Å². The van der Waals surface area contributed by atoms with Crippen molar-refractivity contribution in [3.05, 3.63) is 89.0 Å². The minimum Gasteiger partial charge on any atom is -0.480 e. The van der Waals surface area contributed by atoms with Gasteiger partial charge < -0.3 is 23.7 Å². The molecule has 6 rings (SSSR count). The smallest absolute Gasteiger partial charge is 0.199 e. The van der Waals surface area contributed by atoms with Gasteiger partial charge in [0.25, 0.3) is 0 Å². The molecule has 0 aromatic heterocycles. The number of hydrogen-bond acceptors (Lipinski definition) is 5. The third-order valence-electron chi connectivity index (χ3n) is 7.18. The Bertz CT molecular complexity index is 1240. The Morgan fingerprint density at radius 1 is 0.730 bits per heavy atom. The fraction of sp³-hybridized carbons (Fsp3) is 0.375. The molecule has 5 nitrogen and oxygen atoms in total. The van der Waals surface area contributed by atoms with Gasteiger partial charge in [-0.3, -0.25) is 0 Å². The van der Waals surface area contributed by atoms with Crippen LogP contribution in [0.2, 0.25) is 0 Å². The summed E-state index contributed by atoms with van der Waals surface area (Å²) in [5.41, 5.74) is 5.47. The summed E-state index contributed by atoms with van der Waals surface area (Å²) in [5.74, 6) is 2.45. The summed E-state index contributed by atoms with van der Waals surface area (Å²) >= 11 is 0. The first kappa shape index (κ1) is 24.1. The summed E-state index contributed by atoms with van der Waals surface area (Å²) in [4.78, 5) is 0. The van der Waals surface area contributed by atoms with Gasteiger partial charge in [-0.25, -0.2) is 0 Å². The largest absolute Gasteiger partial charge is 0.480 e. The first-order valence-corrected chi connectivity index (χ1v) is 13.5. The van der Waals surface area contributed by atoms with Crippen LogP contribution >= 0.6 is 0 Å². The minimum absolute atomic E-state index is 0.184. The molecule has 2 fully saturated rings. The van der Waals surface area contributed by atoms with Crippen LogP contribution in [0.15, 0.2) is 66.7 Å². The molecule has 0 spiro atoms. The number of rotatable bonds is 6. The molecule has 3 aliphatic heterocycles. The summed E-state index contributed by atoms with van der Waals surface area (Å²) < 4.78 is 30.6. The SMILES string of the molecule is Cc1ccc(C2Oc3ccc(OC4CCCCO4)cc3C=C2c2cccc(OC3CCCCO3)c2)cc1. The molecule has 5 heteroatoms. The molecule has 3 aliphatic rings. The van der Waals surface area contributed by atoms with Crippen molar-refractivity contribution in [3.63, 3.8) is 0 Å². The highest BCUT2D eigenvalue weighted by atomic mass is 16.7. The molecule has 3 atom stereocenters. The molecule has 0 bridgehead atoms. The molecule has 0 amide bonds. The van der Waals surface area contributed by atoms with Crippen molar-refractivity contribution in [2.24, 2.45) is 0 Å². The standard InChI is InChI=1S/C32H34O5/c1-22-11-13-23(14-12-22)32-28(24-7-6-8-26(19-24)35-30-9-2-4-17-33-30)21-25-20-27(15-16-29(25)37-32)36-31-10-3-5-18-34-31/h6-8,11-16,19-21,30-32H,2-5,9-10,17-18H2,1H3. The van der Waals surface area contributed by atoms with E-state index in [0.29, 0.717) is 0 Å². The lowest BCUT2D eigenvalue weighted by atomic mass is 9.90. The molecule has 0 N–H and O–H groups in total. The molecule has 0 radical (unpaired) electrons. The van der Waals surface area contributed by atoms with E-state index < -0.39 is 0 Å². The van der Waals surface area contributed by atoms with Gasteiger partial charge in [0.2, 0.25) is 0 Å². The van der Waals surface area contributed by atoms with E-state index in [1.165, 1.54) is 5.56 Å². The van der Waals surface area contributed by atoms with E-state index in [0.717, 1.165) is 91.3 Å². The number of aryl methyl sites for hydroxylation is 1. The van der Waals surface area contributed by atoms with Gasteiger partial charge in [-0.2, -0.15) is 0 Å². The summed E-state index contributed by atoms with van der Waals surface area (Å²) in [6.07, 6.45) is 7.91. The molecule has 3 aromatic rings. The fourth-order valence-corrected chi connectivity index (χ4v) is 5.14. The molecule has 192 valence electrons. The van der Waals surface area contributed by atoms with Gasteiger partial charge in [0.15, 0.2) is 12.6 Å². The molecule has 3 heterocycles. The van der Waals surface area contributed by atoms with Crippen LogP contribution in [0.3, 0.4) is 0 Å². The lowest BCUT2D eigenvalue weighted by Gasteiger charge is -2.29. The van der Waals surface area contributed by atoms with Crippen LogP contribution < -0.4 is 14.2 Å². The Labute approximate surface area is 219 Å². The van der Waals surface area contributed by atoms with Crippen molar-refractivity contribution >= 4 is 11.6 Å². The number of benzene rings is 3. The van der Waals surface area contributed by atoms with Crippen molar-refractivity contribution in [2.45, 2.75) is 64.1 Å². The van der Waals surface area contributed by atoms with E-state index in [9.17, 15) is 0 Å². The Hall–Kier alpha value is -3.28. The summed E-state index contributed by atoms with van der Waals surface area (Å²) in [7, 11) is 0. The number of hydrogen-bond donors (Lipinski definition) is 0. The zero-order chi connectivity index (χ0) is 25.0. The third kappa shape index (κ3) is 5.68. The average Bonchev–Trinajstić information content (AvgIpc) is 2.94. The van der Waals surface area contributed by atoms with E-state index in [-0.39, 0.29) is 18.7 Å². The van der Waals surface area contributed by atoms with E-state index in [4.69, 9.17) is 23.7 Å². The topological polar surface area (TPSA) is 46.2 Å². The maximum absolute atomic E-state index is 6.64. The average molecular weight is 499 g/mol. The first-order valence-electron chi connectivity index (χ1n) is 13.5. The normalized spacial score (nSPS) is 23.4. The summed E-state index contributed by atoms with van der Waals surface area (Å²) in [6, 6.07) is 22.8. The number of ether oxygens (including phenoxy) is 5. The van der Waals surface area contributed by atoms with Crippen LogP contribution in [0.4, 0.5) is 0 Å². The lowest BCUT2D eigenvalue weighted by molar-refractivity contribution is -0.106. The van der Waals surface area contributed by atoms with Gasteiger partial charge in [-0.1, -0.05) is 42.0 Å². The monoisotopic (exact) mass is 498 g/mol. The predicted octanol–water partition coefficient (Wildman–Crippen LogP) is 7.48. The highest BCUT2D eigenvalue weighted by molar-refractivity contribution is 5.88. The Balaban J connectivity index is 1.33. The van der Waals surface area contributed by atoms with Crippen molar-refractivity contribution in [2.75, 3.05) is 13.2 Å². The second kappa shape index (κ2) is 11.0. The van der Waals surface area contributed by atoms with Gasteiger partial charge >= 0.3 is 0 Å². The molecule has 0 saturated carbocycles. The van der Waals surface area contributed by atoms with Crippen LogP contribution in [0.1, 0.15) is 66.9 Å². The third-order valence-corrected chi connectivity index (χ3v) is 7.18. The van der Waals surface area contributed by atoms with Gasteiger partial charge in [0.05, 0.1) is 13.2 Å². The maximum atomic E-state index is 6.64. The second-order valence-electron chi connectivity index (χ2n) is 10.1. The summed E-state index contributed by atoms with van der Waals surface area (Å²) in [6.45, 7) is 3.61. The van der Waals surface area contributed by atoms with Gasteiger partial charge in [0.1, 0.15) is 23.4 Å². The van der Waals surface area contributed by atoms with E-state index in [2.05, 4.69) is 55.5 Å². The second-order valence-corrected chi connectivity index (χ2v) is 10.1. The molecule has 2 saturated heterocycles. The minimum atomic E-state index is -0.234. The van der Waals surface area contributed by atoms with Gasteiger partial charge in [0, 0.05) is 24.0 Å². The van der Waals surface area contributed by atoms with Gasteiger partial charge in [-0.05, 0) is 80.1 Å². The number of fused-ring (bicyclic) bond motifs is 1. The van der Waals surface area contributed by atoms with Crippen LogP contribution in [0, 0.1) is 6.92 Å². The molecule has 0 aliphatic carbocycles. The quantitative estimate of drug-likeness (QED) is 0.353. The molecular weight excluding hydrogens is 464 g/mol. The van der Waals surface area contributed by atoms with Crippen molar-refractivity contribution in [1.82, 2.24) is 0 Å². The first-order chi connectivity index (χ1) is 18.2. The van der Waals surface area contributed by atoms with Crippen molar-refractivity contribution in [1.29, 1.82) is 0 Å². The highest BCUT2D eigenvalue weighted by Crippen LogP contribution is 2.44. The Morgan fingerprint density at radius 2 is 1.43 bits per heavy atom. The van der Waals surface area contributed by atoms with Crippen LogP contribution in [-0.2, 0) is 9.47 Å². The highest BCUT2D eigenvalue weighted by Gasteiger charge is 2.27. The zero-order valence-corrected chi connectivity index (χ0v) is 21.4. The summed E-state index contributed by atoms with van der Waals surface area (Å²) in [5, 5.41) is 0. The maximum Gasteiger partial charge on any atom is 0.199 e. The van der Waals surface area contributed by atoms with E-state index >= 15 is 0 Å². The van der Waals surface area contributed by atoms with E-state index in [1.54, 1.807) is 0 Å². The fourth-order valence-electron chi connectivity index (χ4n) is 5.14. The van der Waals surface area contributed by atoms with Crippen molar-refractivity contribution < 1.29 is 23.7 Å². The zero-order valence-electron chi connectivity index (χ0n) is 21.4. The molecule has 3 aromatic carbocycles. The van der Waals surface area contributed by atoms with Crippen LogP contribution in [0.25, 0.3) is 11.6 Å². The Morgan fingerprint density at radius 3 is 2.11 bits per heavy atom. The predicted molar refractivity (Wildman–Crippen MR) is 144 cm³/mol. The lowest BCUT2D eigenvalue weighted by Crippen LogP contribution is -2.25. The Kier molecular flexibility index (Phi) is 7.16. The van der Waals surface area contributed by atoms with Gasteiger partial charge in [-0.15, -0.1) is 0 Å². The van der Waals surface area contributed by atoms with Crippen LogP contribution in [-0.4, -0.2) is 25.8 Å². The van der Waals surface area contributed by atoms with E-state index in [1.807, 2.05) is 24.3 Å². The van der Waals surface area contributed by atoms with Crippen molar-refractivity contribution in [3.8, 4) is 17.2 Å².